The number of benzene rings is 1. The monoisotopic (exact) mass is 719 g/mol. The highest BCUT2D eigenvalue weighted by molar-refractivity contribution is 6.09. The molecular formula is C39H57N7O6. The van der Waals surface area contributed by atoms with Crippen LogP contribution in [-0.2, 0) is 19.2 Å². The number of rotatable bonds is 9. The topological polar surface area (TPSA) is 160 Å². The third-order valence-electron chi connectivity index (χ3n) is 12.8. The minimum Gasteiger partial charge on any atom is -0.333 e. The molecule has 1 aromatic carbocycles. The molecule has 52 heavy (non-hydrogen) atoms. The second kappa shape index (κ2) is 13.1. The normalized spacial score (nSPS) is 29.4. The Kier molecular flexibility index (Phi) is 9.44. The molecule has 0 aromatic heterocycles. The lowest BCUT2D eigenvalue weighted by molar-refractivity contribution is -0.166. The average Bonchev–Trinajstić information content (AvgIpc) is 3.31. The molecule has 8 atom stereocenters. The number of urea groups is 2. The van der Waals surface area contributed by atoms with Gasteiger partial charge in [-0.3, -0.25) is 29.5 Å². The maximum Gasteiger partial charge on any atom is 0.340 e. The largest absolute Gasteiger partial charge is 0.340 e. The van der Waals surface area contributed by atoms with Crippen molar-refractivity contribution in [1.29, 1.82) is 0 Å². The maximum atomic E-state index is 14.5. The molecule has 5 aliphatic rings. The highest BCUT2D eigenvalue weighted by Gasteiger charge is 2.74. The zero-order valence-electron chi connectivity index (χ0n) is 32.2. The fraction of sp³-hybridized carbons (Fsp3) is 0.692. The molecule has 3 unspecified atom stereocenters. The molecule has 284 valence electrons. The number of carbonyl (C=O) groups is 6. The summed E-state index contributed by atoms with van der Waals surface area (Å²) in [5.41, 5.74) is 1.44. The van der Waals surface area contributed by atoms with E-state index < -0.39 is 52.3 Å². The van der Waals surface area contributed by atoms with E-state index in [1.165, 1.54) is 9.91 Å². The van der Waals surface area contributed by atoms with Crippen molar-refractivity contribution in [3.63, 3.8) is 0 Å². The predicted molar refractivity (Wildman–Crippen MR) is 195 cm³/mol. The van der Waals surface area contributed by atoms with Crippen LogP contribution in [0.3, 0.4) is 0 Å². The summed E-state index contributed by atoms with van der Waals surface area (Å²) in [5, 5.41) is 10.00. The number of nitrogens with one attached hydrogen (secondary N) is 4. The van der Waals surface area contributed by atoms with Crippen molar-refractivity contribution in [2.45, 2.75) is 106 Å². The van der Waals surface area contributed by atoms with Crippen LogP contribution >= 0.6 is 0 Å². The number of hydrazine groups is 1. The fourth-order valence-corrected chi connectivity index (χ4v) is 9.27. The van der Waals surface area contributed by atoms with Crippen molar-refractivity contribution in [1.82, 2.24) is 30.9 Å². The highest BCUT2D eigenvalue weighted by atomic mass is 16.2. The molecule has 0 bridgehead atoms. The maximum absolute atomic E-state index is 14.5. The van der Waals surface area contributed by atoms with Crippen molar-refractivity contribution >= 4 is 41.4 Å². The van der Waals surface area contributed by atoms with Crippen LogP contribution in [0.2, 0.25) is 0 Å². The number of piperidine rings is 1. The van der Waals surface area contributed by atoms with Gasteiger partial charge in [0.1, 0.15) is 12.1 Å². The van der Waals surface area contributed by atoms with E-state index in [9.17, 15) is 28.8 Å². The van der Waals surface area contributed by atoms with E-state index in [1.807, 2.05) is 54.5 Å². The van der Waals surface area contributed by atoms with Crippen LogP contribution in [0.4, 0.5) is 15.3 Å². The number of para-hydroxylation sites is 1. The van der Waals surface area contributed by atoms with Gasteiger partial charge in [-0.2, -0.15) is 0 Å². The smallest absolute Gasteiger partial charge is 0.333 e. The van der Waals surface area contributed by atoms with Crippen LogP contribution in [0, 0.1) is 45.3 Å². The number of amides is 8. The molecule has 3 aliphatic carbocycles. The van der Waals surface area contributed by atoms with E-state index in [1.54, 1.807) is 29.2 Å². The van der Waals surface area contributed by atoms with Gasteiger partial charge in [0.05, 0.1) is 17.4 Å². The van der Waals surface area contributed by atoms with Gasteiger partial charge >= 0.3 is 12.1 Å². The number of likely N-dealkylation sites (tertiary alicyclic amines) is 2. The summed E-state index contributed by atoms with van der Waals surface area (Å²) in [7, 11) is 0. The quantitative estimate of drug-likeness (QED) is 0.219. The first-order chi connectivity index (χ1) is 24.2. The molecule has 3 saturated carbocycles. The van der Waals surface area contributed by atoms with Gasteiger partial charge in [0.15, 0.2) is 0 Å². The summed E-state index contributed by atoms with van der Waals surface area (Å²) < 4.78 is 0. The Morgan fingerprint density at radius 1 is 0.981 bits per heavy atom. The van der Waals surface area contributed by atoms with Crippen LogP contribution in [-0.4, -0.2) is 88.3 Å². The second-order valence-electron chi connectivity index (χ2n) is 18.5. The van der Waals surface area contributed by atoms with Crippen molar-refractivity contribution in [3.05, 3.63) is 30.3 Å². The van der Waals surface area contributed by atoms with Crippen molar-refractivity contribution in [3.8, 4) is 0 Å². The first kappa shape index (κ1) is 37.6. The molecule has 0 radical (unpaired) electrons. The predicted octanol–water partition coefficient (Wildman–Crippen LogP) is 4.36. The Labute approximate surface area is 307 Å². The second-order valence-corrected chi connectivity index (χ2v) is 18.5. The van der Waals surface area contributed by atoms with E-state index >= 15 is 0 Å². The van der Waals surface area contributed by atoms with Crippen LogP contribution in [0.25, 0.3) is 0 Å². The van der Waals surface area contributed by atoms with Gasteiger partial charge in [-0.15, -0.1) is 0 Å². The summed E-state index contributed by atoms with van der Waals surface area (Å²) in [6.45, 7) is 18.1. The average molecular weight is 720 g/mol. The summed E-state index contributed by atoms with van der Waals surface area (Å²) in [4.78, 5) is 85.4. The van der Waals surface area contributed by atoms with Crippen LogP contribution in [0.5, 0.6) is 0 Å². The van der Waals surface area contributed by atoms with Gasteiger partial charge in [0.2, 0.25) is 17.7 Å². The SMILES string of the molecule is CCCN(NC(=O)[C@@H]1[C@@H]2[C@H](CN1C(=O)[C@@H](NC(=O)N[C@H](CN1C(=O)C3CC4CCC43C1=O)C(C)(C)C)C(C)(C)C)C2(C)C)C(=O)Nc1ccccc1. The van der Waals surface area contributed by atoms with Gasteiger partial charge < -0.3 is 20.9 Å². The number of nitrogens with zero attached hydrogens (tertiary/aromatic N) is 3. The minimum atomic E-state index is -1.00. The lowest BCUT2D eigenvalue weighted by atomic mass is 9.43. The van der Waals surface area contributed by atoms with E-state index in [0.29, 0.717) is 18.7 Å². The Balaban J connectivity index is 1.16. The number of imide groups is 1. The lowest BCUT2D eigenvalue weighted by Gasteiger charge is -2.57. The summed E-state index contributed by atoms with van der Waals surface area (Å²) >= 11 is 0. The Bertz CT molecular complexity index is 1630. The number of hydrogen-bond donors (Lipinski definition) is 4. The van der Waals surface area contributed by atoms with Crippen LogP contribution in [0.1, 0.15) is 88.0 Å². The number of hydrogen-bond acceptors (Lipinski definition) is 6. The van der Waals surface area contributed by atoms with Crippen LogP contribution < -0.4 is 21.4 Å². The van der Waals surface area contributed by atoms with Crippen LogP contribution in [0.15, 0.2) is 30.3 Å². The molecule has 4 N–H and O–H groups in total. The summed E-state index contributed by atoms with van der Waals surface area (Å²) in [6, 6.07) is 5.48. The first-order valence-electron chi connectivity index (χ1n) is 18.9. The third-order valence-corrected chi connectivity index (χ3v) is 12.8. The summed E-state index contributed by atoms with van der Waals surface area (Å²) in [5.74, 6) is -1.07. The molecule has 2 saturated heterocycles. The molecule has 1 aromatic rings. The molecular weight excluding hydrogens is 662 g/mol. The molecule has 2 aliphatic heterocycles. The van der Waals surface area contributed by atoms with Gasteiger partial charge in [-0.05, 0) is 71.8 Å². The molecule has 13 heteroatoms. The zero-order valence-corrected chi connectivity index (χ0v) is 32.2. The zero-order chi connectivity index (χ0) is 38.1. The first-order valence-corrected chi connectivity index (χ1v) is 18.9. The number of carbonyl (C=O) groups excluding carboxylic acids is 6. The summed E-state index contributed by atoms with van der Waals surface area (Å²) in [6.07, 6.45) is 3.08. The standard InChI is InChI=1S/C39H57N7O6/c1-10-18-46(35(52)40-23-14-12-11-13-15-23)43-30(47)28-27-25(38(27,8)9)20-44(28)32(49)29(37(5,6)7)42-34(51)41-26(36(2,3)4)21-45-31(48)24-19-22-16-17-39(22,24)33(45)50/h11-15,22,24-29H,10,16-21H2,1-9H3,(H,40,52)(H,43,47)(H2,41,42,51)/t22?,24?,25-,26+,27-,28-,29+,39?/m0/s1. The molecule has 2 heterocycles. The molecule has 6 rings (SSSR count). The van der Waals surface area contributed by atoms with E-state index in [0.717, 1.165) is 19.3 Å². The van der Waals surface area contributed by atoms with Crippen molar-refractivity contribution in [2.24, 2.45) is 45.3 Å². The Morgan fingerprint density at radius 2 is 1.65 bits per heavy atom. The van der Waals surface area contributed by atoms with Crippen molar-refractivity contribution < 1.29 is 28.8 Å². The Hall–Kier alpha value is -4.16. The lowest BCUT2D eigenvalue weighted by Crippen LogP contribution is -2.63. The van der Waals surface area contributed by atoms with Gasteiger partial charge in [0, 0.05) is 25.3 Å². The molecule has 13 nitrogen and oxygen atoms in total. The Morgan fingerprint density at radius 3 is 2.19 bits per heavy atom. The molecule has 8 amide bonds. The van der Waals surface area contributed by atoms with Gasteiger partial charge in [0.25, 0.3) is 5.91 Å². The van der Waals surface area contributed by atoms with Gasteiger partial charge in [-0.1, -0.05) is 80.5 Å². The van der Waals surface area contributed by atoms with E-state index in [-0.39, 0.29) is 59.9 Å². The van der Waals surface area contributed by atoms with Crippen molar-refractivity contribution in [2.75, 3.05) is 25.0 Å². The van der Waals surface area contributed by atoms with E-state index in [4.69, 9.17) is 0 Å². The third kappa shape index (κ3) is 6.31. The minimum absolute atomic E-state index is 0.0621. The van der Waals surface area contributed by atoms with E-state index in [2.05, 4.69) is 35.2 Å². The molecule has 1 spiro atoms. The number of fused-ring (bicyclic) bond motifs is 1. The highest BCUT2D eigenvalue weighted by Crippen LogP contribution is 2.68. The number of anilines is 1. The fourth-order valence-electron chi connectivity index (χ4n) is 9.27. The van der Waals surface area contributed by atoms with Gasteiger partial charge in [-0.25, -0.2) is 14.6 Å². The molecule has 5 fully saturated rings.